The Balaban J connectivity index is 0. The highest BCUT2D eigenvalue weighted by Gasteiger charge is 2.26. The van der Waals surface area contributed by atoms with Gasteiger partial charge in [-0.25, -0.2) is 4.90 Å². The fraction of sp³-hybridized carbons (Fsp3) is 0.903. The van der Waals surface area contributed by atoms with Gasteiger partial charge in [0, 0.05) is 6.54 Å². The number of unbranched alkanes of at least 4 members (excludes halogenated alkanes) is 14. The Bertz CT molecular complexity index is 723. The average molecular weight is 767 g/mol. The third-order valence-corrected chi connectivity index (χ3v) is 7.94. The number of quaternary nitrogens is 2. The molecule has 0 aliphatic heterocycles. The highest BCUT2D eigenvalue weighted by Crippen LogP contribution is 2.15. The summed E-state index contributed by atoms with van der Waals surface area (Å²) in [6.07, 6.45) is 21.7. The maximum atomic E-state index is 5.93. The van der Waals surface area contributed by atoms with E-state index in [1.54, 1.807) is 0 Å². The minimum Gasteiger partial charge on any atom is -1.00 e. The first kappa shape index (κ1) is 44.4. The van der Waals surface area contributed by atoms with Crippen molar-refractivity contribution in [3.63, 3.8) is 0 Å². The molecule has 0 bridgehead atoms. The smallest absolute Gasteiger partial charge is 0.322 e. The SMILES string of the molecule is Br.CCCCCCCCCC[N+](C)(C)CN(CCOc1nc(Cl)nc(Cl)n1)C[N+](C)(C)CCCCCCCCCC.[Br-]. The summed E-state index contributed by atoms with van der Waals surface area (Å²) in [5.74, 6) is 0. The van der Waals surface area contributed by atoms with E-state index in [0.717, 1.165) is 28.8 Å². The summed E-state index contributed by atoms with van der Waals surface area (Å²) >= 11 is 11.9. The summed E-state index contributed by atoms with van der Waals surface area (Å²) in [6.45, 7) is 10.2. The summed E-state index contributed by atoms with van der Waals surface area (Å²) < 4.78 is 7.81. The van der Waals surface area contributed by atoms with Gasteiger partial charge in [-0.3, -0.25) is 0 Å². The molecule has 0 aliphatic rings. The Labute approximate surface area is 290 Å². The number of hydrogen-bond acceptors (Lipinski definition) is 5. The first-order valence-corrected chi connectivity index (χ1v) is 16.9. The van der Waals surface area contributed by atoms with E-state index < -0.39 is 0 Å². The lowest BCUT2D eigenvalue weighted by Gasteiger charge is -2.39. The van der Waals surface area contributed by atoms with Crippen LogP contribution < -0.4 is 21.7 Å². The van der Waals surface area contributed by atoms with Gasteiger partial charge in [-0.2, -0.15) is 15.0 Å². The van der Waals surface area contributed by atoms with E-state index in [1.807, 2.05) is 0 Å². The Morgan fingerprint density at radius 3 is 1.33 bits per heavy atom. The summed E-state index contributed by atoms with van der Waals surface area (Å²) in [5, 5.41) is 0.108. The fourth-order valence-corrected chi connectivity index (χ4v) is 5.75. The van der Waals surface area contributed by atoms with Crippen molar-refractivity contribution in [2.45, 2.75) is 117 Å². The van der Waals surface area contributed by atoms with Gasteiger partial charge >= 0.3 is 6.01 Å². The van der Waals surface area contributed by atoms with Crippen LogP contribution >= 0.6 is 40.2 Å². The van der Waals surface area contributed by atoms with Crippen LogP contribution in [0.25, 0.3) is 0 Å². The lowest BCUT2D eigenvalue weighted by Crippen LogP contribution is -3.00. The Morgan fingerprint density at radius 2 is 0.952 bits per heavy atom. The number of rotatable bonds is 26. The van der Waals surface area contributed by atoms with Crippen LogP contribution in [0.5, 0.6) is 6.01 Å². The zero-order valence-corrected chi connectivity index (χ0v) is 32.5. The van der Waals surface area contributed by atoms with E-state index in [9.17, 15) is 0 Å². The zero-order valence-electron chi connectivity index (χ0n) is 27.7. The van der Waals surface area contributed by atoms with Crippen molar-refractivity contribution in [2.75, 3.05) is 67.8 Å². The van der Waals surface area contributed by atoms with Gasteiger partial charge in [-0.1, -0.05) is 90.9 Å². The highest BCUT2D eigenvalue weighted by molar-refractivity contribution is 8.93. The lowest BCUT2D eigenvalue weighted by molar-refractivity contribution is -0.928. The summed E-state index contributed by atoms with van der Waals surface area (Å²) in [5.41, 5.74) is 0. The Kier molecular flexibility index (Phi) is 27.9. The van der Waals surface area contributed by atoms with E-state index in [-0.39, 0.29) is 50.5 Å². The van der Waals surface area contributed by atoms with E-state index in [0.29, 0.717) is 6.61 Å². The zero-order chi connectivity index (χ0) is 29.7. The first-order valence-electron chi connectivity index (χ1n) is 16.1. The molecule has 0 aliphatic carbocycles. The molecule has 1 rings (SSSR count). The van der Waals surface area contributed by atoms with Crippen molar-refractivity contribution in [3.05, 3.63) is 10.6 Å². The number of halogens is 4. The minimum absolute atomic E-state index is 0. The van der Waals surface area contributed by atoms with Crippen LogP contribution in [0.3, 0.4) is 0 Å². The predicted octanol–water partition coefficient (Wildman–Crippen LogP) is 5.79. The molecule has 11 heteroatoms. The number of nitrogens with zero attached hydrogens (tertiary/aromatic N) is 6. The maximum absolute atomic E-state index is 5.93. The Hall–Kier alpha value is 0.230. The van der Waals surface area contributed by atoms with Gasteiger partial charge in [0.1, 0.15) is 19.9 Å². The van der Waals surface area contributed by atoms with Gasteiger partial charge in [-0.15, -0.1) is 17.0 Å². The molecule has 0 saturated heterocycles. The van der Waals surface area contributed by atoms with Crippen LogP contribution in [-0.4, -0.2) is 96.6 Å². The molecule has 0 atom stereocenters. The van der Waals surface area contributed by atoms with Gasteiger partial charge in [0.2, 0.25) is 10.6 Å². The molecule has 0 radical (unpaired) electrons. The van der Waals surface area contributed by atoms with E-state index >= 15 is 0 Å². The molecule has 0 amide bonds. The predicted molar refractivity (Wildman–Crippen MR) is 181 cm³/mol. The molecular weight excluding hydrogens is 703 g/mol. The molecule has 250 valence electrons. The van der Waals surface area contributed by atoms with Crippen LogP contribution in [0.2, 0.25) is 10.6 Å². The minimum atomic E-state index is 0. The second-order valence-electron chi connectivity index (χ2n) is 13.0. The molecular formula is C31H63Br2Cl2N6O+. The molecule has 0 N–H and O–H groups in total. The quantitative estimate of drug-likeness (QED) is 0.0680. The fourth-order valence-electron chi connectivity index (χ4n) is 5.40. The average Bonchev–Trinajstić information content (AvgIpc) is 2.86. The van der Waals surface area contributed by atoms with Crippen molar-refractivity contribution in [1.29, 1.82) is 0 Å². The van der Waals surface area contributed by atoms with Crippen LogP contribution in [0, 0.1) is 0 Å². The normalized spacial score (nSPS) is 11.8. The van der Waals surface area contributed by atoms with E-state index in [4.69, 9.17) is 27.9 Å². The molecule has 0 spiro atoms. The van der Waals surface area contributed by atoms with Gasteiger partial charge in [0.05, 0.1) is 41.3 Å². The Morgan fingerprint density at radius 1 is 0.595 bits per heavy atom. The first-order chi connectivity index (χ1) is 19.1. The molecule has 0 aromatic carbocycles. The van der Waals surface area contributed by atoms with Crippen LogP contribution in [0.15, 0.2) is 0 Å². The monoisotopic (exact) mass is 763 g/mol. The molecule has 0 fully saturated rings. The maximum Gasteiger partial charge on any atom is 0.322 e. The summed E-state index contributed by atoms with van der Waals surface area (Å²) in [4.78, 5) is 14.5. The second kappa shape index (κ2) is 26.4. The molecule has 7 nitrogen and oxygen atoms in total. The highest BCUT2D eigenvalue weighted by atomic mass is 79.9. The van der Waals surface area contributed by atoms with Crippen molar-refractivity contribution in [2.24, 2.45) is 0 Å². The second-order valence-corrected chi connectivity index (χ2v) is 13.6. The molecule has 1 aromatic rings. The number of ether oxygens (including phenoxy) is 1. The standard InChI is InChI=1S/C31H62Cl2N6O.2BrH/c1-7-9-11-13-15-17-19-21-24-38(3,4)27-37(23-26-40-31-35-29(32)34-30(33)36-31)28-39(5,6)25-22-20-18-16-14-12-10-8-2;;/h7-28H2,1-6H3;2*1H/q+2;;/p-1. The molecule has 0 saturated carbocycles. The van der Waals surface area contributed by atoms with Crippen LogP contribution in [-0.2, 0) is 0 Å². The van der Waals surface area contributed by atoms with Gasteiger partial charge < -0.3 is 30.7 Å². The molecule has 1 heterocycles. The van der Waals surface area contributed by atoms with Gasteiger partial charge in [0.25, 0.3) is 0 Å². The third-order valence-electron chi connectivity index (χ3n) is 7.60. The largest absolute Gasteiger partial charge is 1.00 e. The molecule has 1 aromatic heterocycles. The van der Waals surface area contributed by atoms with Crippen molar-refractivity contribution in [3.8, 4) is 6.01 Å². The van der Waals surface area contributed by atoms with Gasteiger partial charge in [-0.05, 0) is 48.9 Å². The van der Waals surface area contributed by atoms with Crippen molar-refractivity contribution < 1.29 is 30.7 Å². The van der Waals surface area contributed by atoms with E-state index in [2.05, 4.69) is 61.9 Å². The summed E-state index contributed by atoms with van der Waals surface area (Å²) in [6, 6.07) is 0.185. The molecule has 0 unspecified atom stereocenters. The summed E-state index contributed by atoms with van der Waals surface area (Å²) in [7, 11) is 9.44. The van der Waals surface area contributed by atoms with E-state index in [1.165, 1.54) is 116 Å². The van der Waals surface area contributed by atoms with Crippen molar-refractivity contribution in [1.82, 2.24) is 19.9 Å². The lowest BCUT2D eigenvalue weighted by atomic mass is 10.1. The van der Waals surface area contributed by atoms with Gasteiger partial charge in [0.15, 0.2) is 0 Å². The number of aromatic nitrogens is 3. The van der Waals surface area contributed by atoms with Crippen LogP contribution in [0.1, 0.15) is 117 Å². The third kappa shape index (κ3) is 24.5. The molecule has 42 heavy (non-hydrogen) atoms. The van der Waals surface area contributed by atoms with Crippen LogP contribution in [0.4, 0.5) is 0 Å². The topological polar surface area (TPSA) is 51.1 Å². The van der Waals surface area contributed by atoms with Crippen molar-refractivity contribution >= 4 is 40.2 Å². The number of hydrogen-bond donors (Lipinski definition) is 0.